The predicted molar refractivity (Wildman–Crippen MR) is 47.9 cm³/mol. The number of carbonyl (C=O) groups excluding carboxylic acids is 1. The lowest BCUT2D eigenvalue weighted by Crippen LogP contribution is -2.48. The van der Waals surface area contributed by atoms with Crippen molar-refractivity contribution in [2.75, 3.05) is 0 Å². The predicted octanol–water partition coefficient (Wildman–Crippen LogP) is 0.235. The maximum atomic E-state index is 10.8. The van der Waals surface area contributed by atoms with Gasteiger partial charge in [0.05, 0.1) is 0 Å². The summed E-state index contributed by atoms with van der Waals surface area (Å²) in [4.78, 5) is 21.5. The summed E-state index contributed by atoms with van der Waals surface area (Å²) in [6.07, 6.45) is 4.81. The van der Waals surface area contributed by atoms with Gasteiger partial charge >= 0.3 is 5.97 Å². The topological polar surface area (TPSA) is 66.4 Å². The van der Waals surface area contributed by atoms with E-state index in [9.17, 15) is 9.59 Å². The summed E-state index contributed by atoms with van der Waals surface area (Å²) in [6, 6.07) is -0.962. The van der Waals surface area contributed by atoms with Crippen molar-refractivity contribution in [3.8, 4) is 12.3 Å². The molecule has 1 atom stereocenters. The van der Waals surface area contributed by atoms with Crippen LogP contribution in [0.15, 0.2) is 0 Å². The molecule has 72 valence electrons. The quantitative estimate of drug-likeness (QED) is 0.602. The third kappa shape index (κ3) is 3.61. The second kappa shape index (κ2) is 3.94. The molecule has 0 aliphatic rings. The van der Waals surface area contributed by atoms with Crippen LogP contribution in [0.3, 0.4) is 0 Å². The molecule has 13 heavy (non-hydrogen) atoms. The number of carboxylic acids is 1. The van der Waals surface area contributed by atoms with E-state index in [2.05, 4.69) is 5.32 Å². The van der Waals surface area contributed by atoms with E-state index in [0.29, 0.717) is 0 Å². The van der Waals surface area contributed by atoms with Gasteiger partial charge in [0.15, 0.2) is 0 Å². The third-order valence-electron chi connectivity index (χ3n) is 1.52. The fourth-order valence-electron chi connectivity index (χ4n) is 0.821. The summed E-state index contributed by atoms with van der Waals surface area (Å²) in [5.41, 5.74) is -0.557. The highest BCUT2D eigenvalue weighted by molar-refractivity contribution is 5.95. The van der Waals surface area contributed by atoms with Gasteiger partial charge in [-0.3, -0.25) is 4.79 Å². The summed E-state index contributed by atoms with van der Waals surface area (Å²) in [6.45, 7) is 5.13. The first-order chi connectivity index (χ1) is 5.79. The lowest BCUT2D eigenvalue weighted by atomic mass is 9.87. The van der Waals surface area contributed by atoms with E-state index < -0.39 is 23.3 Å². The van der Waals surface area contributed by atoms with E-state index in [-0.39, 0.29) is 0 Å². The summed E-state index contributed by atoms with van der Waals surface area (Å²) >= 11 is 0. The first-order valence-corrected chi connectivity index (χ1v) is 3.79. The molecule has 0 radical (unpaired) electrons. The maximum Gasteiger partial charge on any atom is 0.326 e. The molecule has 0 saturated heterocycles. The lowest BCUT2D eigenvalue weighted by Gasteiger charge is -2.26. The zero-order valence-electron chi connectivity index (χ0n) is 7.92. The Morgan fingerprint density at radius 3 is 2.15 bits per heavy atom. The molecule has 0 aliphatic carbocycles. The van der Waals surface area contributed by atoms with Gasteiger partial charge in [-0.15, -0.1) is 6.42 Å². The van der Waals surface area contributed by atoms with E-state index in [4.69, 9.17) is 11.5 Å². The van der Waals surface area contributed by atoms with Gasteiger partial charge in [0.1, 0.15) is 6.04 Å². The van der Waals surface area contributed by atoms with Crippen molar-refractivity contribution in [1.82, 2.24) is 5.32 Å². The molecule has 0 aromatic carbocycles. The molecular formula is C9H13NO3. The Hall–Kier alpha value is -1.50. The SMILES string of the molecule is C#CC(=O)N[C@@H](C(=O)O)C(C)(C)C. The standard InChI is InChI=1S/C9H13NO3/c1-5-6(11)10-7(8(12)13)9(2,3)4/h1,7H,2-4H3,(H,10,11)(H,12,13)/t7-/m0/s1. The Labute approximate surface area is 77.3 Å². The maximum absolute atomic E-state index is 10.8. The molecule has 0 aromatic heterocycles. The minimum Gasteiger partial charge on any atom is -0.480 e. The van der Waals surface area contributed by atoms with Crippen molar-refractivity contribution in [3.05, 3.63) is 0 Å². The molecule has 1 amide bonds. The number of hydrogen-bond donors (Lipinski definition) is 2. The first-order valence-electron chi connectivity index (χ1n) is 3.79. The molecule has 2 N–H and O–H groups in total. The van der Waals surface area contributed by atoms with Crippen molar-refractivity contribution >= 4 is 11.9 Å². The average molecular weight is 183 g/mol. The van der Waals surface area contributed by atoms with E-state index in [1.165, 1.54) is 0 Å². The summed E-state index contributed by atoms with van der Waals surface area (Å²) in [5, 5.41) is 11.0. The van der Waals surface area contributed by atoms with E-state index in [0.717, 1.165) is 0 Å². The zero-order valence-corrected chi connectivity index (χ0v) is 7.92. The molecule has 0 rings (SSSR count). The number of carbonyl (C=O) groups is 2. The van der Waals surface area contributed by atoms with Crippen LogP contribution in [0.5, 0.6) is 0 Å². The number of terminal acetylenes is 1. The molecular weight excluding hydrogens is 170 g/mol. The molecule has 0 spiro atoms. The summed E-state index contributed by atoms with van der Waals surface area (Å²) in [5.74, 6) is 0.0159. The van der Waals surface area contributed by atoms with E-state index >= 15 is 0 Å². The number of hydrogen-bond acceptors (Lipinski definition) is 2. The number of aliphatic carboxylic acids is 1. The molecule has 0 fully saturated rings. The van der Waals surface area contributed by atoms with Crippen LogP contribution in [0.25, 0.3) is 0 Å². The van der Waals surface area contributed by atoms with Gasteiger partial charge in [-0.1, -0.05) is 20.8 Å². The Balaban J connectivity index is 4.58. The monoisotopic (exact) mass is 183 g/mol. The summed E-state index contributed by atoms with van der Waals surface area (Å²) < 4.78 is 0. The Bertz CT molecular complexity index is 257. The second-order valence-electron chi connectivity index (χ2n) is 3.76. The molecule has 0 aliphatic heterocycles. The van der Waals surface area contributed by atoms with Gasteiger partial charge in [0.25, 0.3) is 5.91 Å². The molecule has 0 bridgehead atoms. The highest BCUT2D eigenvalue weighted by Gasteiger charge is 2.32. The van der Waals surface area contributed by atoms with Crippen LogP contribution < -0.4 is 5.32 Å². The van der Waals surface area contributed by atoms with E-state index in [1.807, 2.05) is 5.92 Å². The highest BCUT2D eigenvalue weighted by Crippen LogP contribution is 2.19. The first kappa shape index (κ1) is 11.5. The van der Waals surface area contributed by atoms with Gasteiger partial charge in [0, 0.05) is 0 Å². The Morgan fingerprint density at radius 2 is 1.92 bits per heavy atom. The zero-order chi connectivity index (χ0) is 10.6. The number of nitrogens with one attached hydrogen (secondary N) is 1. The van der Waals surface area contributed by atoms with Crippen molar-refractivity contribution in [3.63, 3.8) is 0 Å². The van der Waals surface area contributed by atoms with E-state index in [1.54, 1.807) is 20.8 Å². The van der Waals surface area contributed by atoms with Crippen molar-refractivity contribution in [1.29, 1.82) is 0 Å². The van der Waals surface area contributed by atoms with Gasteiger partial charge in [0.2, 0.25) is 0 Å². The normalized spacial score (nSPS) is 12.8. The fourth-order valence-corrected chi connectivity index (χ4v) is 0.821. The molecule has 0 saturated carbocycles. The molecule has 4 nitrogen and oxygen atoms in total. The fraction of sp³-hybridized carbons (Fsp3) is 0.556. The van der Waals surface area contributed by atoms with Crippen LogP contribution in [-0.2, 0) is 9.59 Å². The van der Waals surface area contributed by atoms with Crippen LogP contribution in [0, 0.1) is 17.8 Å². The third-order valence-corrected chi connectivity index (χ3v) is 1.52. The van der Waals surface area contributed by atoms with Gasteiger partial charge in [-0.25, -0.2) is 4.79 Å². The van der Waals surface area contributed by atoms with Crippen LogP contribution in [0.4, 0.5) is 0 Å². The molecule has 0 aromatic rings. The number of amides is 1. The van der Waals surface area contributed by atoms with Gasteiger partial charge in [-0.05, 0) is 11.3 Å². The number of rotatable bonds is 2. The van der Waals surface area contributed by atoms with Gasteiger partial charge < -0.3 is 10.4 Å². The van der Waals surface area contributed by atoms with Crippen LogP contribution in [0.2, 0.25) is 0 Å². The lowest BCUT2D eigenvalue weighted by molar-refractivity contribution is -0.144. The van der Waals surface area contributed by atoms with Crippen molar-refractivity contribution in [2.24, 2.45) is 5.41 Å². The summed E-state index contributed by atoms with van der Waals surface area (Å²) in [7, 11) is 0. The average Bonchev–Trinajstić information content (AvgIpc) is 1.96. The molecule has 4 heteroatoms. The second-order valence-corrected chi connectivity index (χ2v) is 3.76. The minimum atomic E-state index is -1.09. The molecule has 0 unspecified atom stereocenters. The Morgan fingerprint density at radius 1 is 1.46 bits per heavy atom. The van der Waals surface area contributed by atoms with Gasteiger partial charge in [-0.2, -0.15) is 0 Å². The number of carboxylic acid groups (broad SMARTS) is 1. The molecule has 0 heterocycles. The van der Waals surface area contributed by atoms with Crippen LogP contribution >= 0.6 is 0 Å². The van der Waals surface area contributed by atoms with Crippen molar-refractivity contribution in [2.45, 2.75) is 26.8 Å². The largest absolute Gasteiger partial charge is 0.480 e. The minimum absolute atomic E-state index is 0.557. The highest BCUT2D eigenvalue weighted by atomic mass is 16.4. The Kier molecular flexibility index (Phi) is 3.49. The smallest absolute Gasteiger partial charge is 0.326 e. The van der Waals surface area contributed by atoms with Crippen molar-refractivity contribution < 1.29 is 14.7 Å². The van der Waals surface area contributed by atoms with Crippen LogP contribution in [0.1, 0.15) is 20.8 Å². The van der Waals surface area contributed by atoms with Crippen LogP contribution in [-0.4, -0.2) is 23.0 Å².